The Morgan fingerprint density at radius 3 is 2.18 bits per heavy atom. The van der Waals surface area contributed by atoms with Crippen LogP contribution in [0.15, 0.2) is 84.6 Å². The summed E-state index contributed by atoms with van der Waals surface area (Å²) in [6.07, 6.45) is 3.28. The summed E-state index contributed by atoms with van der Waals surface area (Å²) in [6, 6.07) is 16.5. The van der Waals surface area contributed by atoms with Crippen molar-refractivity contribution in [2.45, 2.75) is 104 Å². The number of carbonyl (C=O) groups is 5. The number of β-amino-alcohol motifs (C(OH)–C–C–N with tert-alkyl or cyclic N) is 1. The normalized spacial score (nSPS) is 15.3. The number of likely N-dealkylation sites (tertiary alicyclic amines) is 1. The van der Waals surface area contributed by atoms with Crippen LogP contribution < -0.4 is 20.7 Å². The molecular weight excluding hydrogens is 967 g/mol. The number of ketones is 1. The number of sulfonamides is 1. The van der Waals surface area contributed by atoms with Crippen molar-refractivity contribution in [3.05, 3.63) is 124 Å². The molecule has 1 saturated heterocycles. The Hall–Kier alpha value is -6.90. The van der Waals surface area contributed by atoms with E-state index in [9.17, 15) is 41.9 Å². The SMILES string of the molecule is CCCS(=O)(=O)Nc1ccc(F)c(C(=O)c2c[nH]c3ncc(-c4ccc(CNC(=O)CCCCC(=O)N[C@H](C(=O)N5C[C@H](O)C[C@H]5C(=O)NCc5ccc(-c6scnc6C)cc5)C(C)(C)C)cc4)cc23)c1F. The lowest BCUT2D eigenvalue weighted by molar-refractivity contribution is -0.144. The number of aromatic nitrogens is 3. The van der Waals surface area contributed by atoms with Gasteiger partial charge in [0.05, 0.1) is 39.2 Å². The molecule has 1 aliphatic rings. The lowest BCUT2D eigenvalue weighted by Crippen LogP contribution is -2.57. The second-order valence-corrected chi connectivity index (χ2v) is 21.7. The second kappa shape index (κ2) is 22.7. The van der Waals surface area contributed by atoms with Gasteiger partial charge in [-0.2, -0.15) is 0 Å². The number of H-pyrrole nitrogens is 1. The van der Waals surface area contributed by atoms with Crippen LogP contribution in [0.2, 0.25) is 0 Å². The first-order valence-electron chi connectivity index (χ1n) is 23.6. The van der Waals surface area contributed by atoms with Gasteiger partial charge in [-0.15, -0.1) is 11.3 Å². The van der Waals surface area contributed by atoms with E-state index >= 15 is 4.39 Å². The summed E-state index contributed by atoms with van der Waals surface area (Å²) in [6.45, 7) is 9.43. The van der Waals surface area contributed by atoms with Crippen molar-refractivity contribution in [3.63, 3.8) is 0 Å². The van der Waals surface area contributed by atoms with Gasteiger partial charge in [0, 0.05) is 67.8 Å². The predicted octanol–water partition coefficient (Wildman–Crippen LogP) is 7.31. The minimum atomic E-state index is -3.93. The third kappa shape index (κ3) is 12.8. The molecule has 0 unspecified atom stereocenters. The standard InChI is InChI=1S/C52H58F2N8O8S2/c1-6-21-72(69,70)61-40-20-19-39(53)44(45(40)54)46(66)38-27-57-49-37(38)22-35(26-56-49)33-15-11-31(12-16-33)24-55-42(64)9-7-8-10-43(65)60-48(52(3,4)5)51(68)62-28-36(63)23-41(62)50(67)58-25-32-13-17-34(18-14-32)47-30(2)59-29-71-47/h11-20,22,26-27,29,36,41,48,61,63H,6-10,21,23-25,28H2,1-5H3,(H,55,64)(H,56,57)(H,58,67)(H,60,65)/t36-,41+,48-/m1/s1. The molecule has 6 aromatic rings. The molecule has 3 aromatic heterocycles. The van der Waals surface area contributed by atoms with E-state index in [0.29, 0.717) is 35.0 Å². The Bertz CT molecular complexity index is 3080. The van der Waals surface area contributed by atoms with Crippen molar-refractivity contribution in [2.24, 2.45) is 5.41 Å². The highest BCUT2D eigenvalue weighted by atomic mass is 32.2. The smallest absolute Gasteiger partial charge is 0.246 e. The minimum absolute atomic E-state index is 0.0454. The van der Waals surface area contributed by atoms with Crippen molar-refractivity contribution >= 4 is 67.5 Å². The van der Waals surface area contributed by atoms with Crippen LogP contribution in [0.1, 0.15) is 99.0 Å². The van der Waals surface area contributed by atoms with Crippen molar-refractivity contribution in [3.8, 4) is 21.6 Å². The Morgan fingerprint density at radius 2 is 1.54 bits per heavy atom. The van der Waals surface area contributed by atoms with Crippen LogP contribution in [0.4, 0.5) is 14.5 Å². The second-order valence-electron chi connectivity index (χ2n) is 19.0. The average Bonchev–Trinajstić information content (AvgIpc) is 4.09. The summed E-state index contributed by atoms with van der Waals surface area (Å²) in [5, 5.41) is 19.5. The highest BCUT2D eigenvalue weighted by Crippen LogP contribution is 2.32. The van der Waals surface area contributed by atoms with E-state index in [1.54, 1.807) is 60.3 Å². The number of hydrogen-bond acceptors (Lipinski definition) is 11. The zero-order chi connectivity index (χ0) is 51.9. The van der Waals surface area contributed by atoms with Crippen LogP contribution >= 0.6 is 11.3 Å². The molecule has 72 heavy (non-hydrogen) atoms. The van der Waals surface area contributed by atoms with Gasteiger partial charge in [0.2, 0.25) is 39.4 Å². The Morgan fingerprint density at radius 1 is 0.889 bits per heavy atom. The lowest BCUT2D eigenvalue weighted by Gasteiger charge is -2.35. The number of fused-ring (bicyclic) bond motifs is 1. The highest BCUT2D eigenvalue weighted by Gasteiger charge is 2.44. The van der Waals surface area contributed by atoms with Crippen molar-refractivity contribution < 1.29 is 46.3 Å². The zero-order valence-electron chi connectivity index (χ0n) is 40.6. The molecule has 16 nitrogen and oxygen atoms in total. The van der Waals surface area contributed by atoms with Gasteiger partial charge in [0.1, 0.15) is 23.5 Å². The van der Waals surface area contributed by atoms with Crippen molar-refractivity contribution in [1.82, 2.24) is 35.8 Å². The fourth-order valence-corrected chi connectivity index (χ4v) is 10.4. The van der Waals surface area contributed by atoms with Crippen molar-refractivity contribution in [1.29, 1.82) is 0 Å². The van der Waals surface area contributed by atoms with Gasteiger partial charge < -0.3 is 30.9 Å². The number of anilines is 1. The first-order chi connectivity index (χ1) is 34.2. The third-order valence-corrected chi connectivity index (χ3v) is 14.8. The topological polar surface area (TPSA) is 233 Å². The molecule has 7 rings (SSSR count). The molecule has 0 radical (unpaired) electrons. The lowest BCUT2D eigenvalue weighted by atomic mass is 9.85. The van der Waals surface area contributed by atoms with E-state index in [0.717, 1.165) is 39.4 Å². The number of unbranched alkanes of at least 4 members (excludes halogenated alkanes) is 1. The molecule has 1 aliphatic heterocycles. The molecule has 4 heterocycles. The number of nitrogens with zero attached hydrogens (tertiary/aromatic N) is 3. The molecule has 20 heteroatoms. The number of hydrogen-bond donors (Lipinski definition) is 6. The highest BCUT2D eigenvalue weighted by molar-refractivity contribution is 7.92. The first kappa shape index (κ1) is 52.9. The molecule has 6 N–H and O–H groups in total. The Balaban J connectivity index is 0.873. The van der Waals surface area contributed by atoms with Gasteiger partial charge in [0.15, 0.2) is 5.82 Å². The summed E-state index contributed by atoms with van der Waals surface area (Å²) in [5.74, 6) is -5.24. The number of nitrogens with one attached hydrogen (secondary N) is 5. The van der Waals surface area contributed by atoms with E-state index < -0.39 is 74.1 Å². The van der Waals surface area contributed by atoms with Crippen LogP contribution in [-0.2, 0) is 42.3 Å². The molecule has 1 fully saturated rings. The maximum Gasteiger partial charge on any atom is 0.246 e. The molecule has 3 aromatic carbocycles. The molecule has 4 amide bonds. The Labute approximate surface area is 420 Å². The van der Waals surface area contributed by atoms with Crippen molar-refractivity contribution in [2.75, 3.05) is 17.0 Å². The number of rotatable bonds is 20. The van der Waals surface area contributed by atoms with E-state index in [1.807, 2.05) is 52.0 Å². The van der Waals surface area contributed by atoms with E-state index in [-0.39, 0.29) is 68.4 Å². The summed E-state index contributed by atoms with van der Waals surface area (Å²) in [5.41, 5.74) is 4.77. The minimum Gasteiger partial charge on any atom is -0.391 e. The van der Waals surface area contributed by atoms with Gasteiger partial charge in [0.25, 0.3) is 0 Å². The molecule has 0 aliphatic carbocycles. The van der Waals surface area contributed by atoms with Gasteiger partial charge in [-0.25, -0.2) is 27.2 Å². The van der Waals surface area contributed by atoms with Crippen LogP contribution in [0.3, 0.4) is 0 Å². The van der Waals surface area contributed by atoms with Crippen LogP contribution in [0.25, 0.3) is 32.6 Å². The average molecular weight is 1030 g/mol. The van der Waals surface area contributed by atoms with Crippen LogP contribution in [0.5, 0.6) is 0 Å². The summed E-state index contributed by atoms with van der Waals surface area (Å²) < 4.78 is 57.2. The van der Waals surface area contributed by atoms with Crippen LogP contribution in [-0.4, -0.2) is 93.3 Å². The van der Waals surface area contributed by atoms with E-state index in [4.69, 9.17) is 0 Å². The van der Waals surface area contributed by atoms with E-state index in [1.165, 1.54) is 11.1 Å². The maximum atomic E-state index is 15.5. The number of amides is 4. The molecule has 3 atom stereocenters. The van der Waals surface area contributed by atoms with E-state index in [2.05, 4.69) is 35.6 Å². The number of carbonyl (C=O) groups excluding carboxylic acids is 5. The predicted molar refractivity (Wildman–Crippen MR) is 271 cm³/mol. The zero-order valence-corrected chi connectivity index (χ0v) is 42.2. The number of aliphatic hydroxyl groups excluding tert-OH is 1. The fourth-order valence-electron chi connectivity index (χ4n) is 8.50. The molecular formula is C52H58F2N8O8S2. The number of pyridine rings is 1. The first-order valence-corrected chi connectivity index (χ1v) is 26.2. The monoisotopic (exact) mass is 1020 g/mol. The largest absolute Gasteiger partial charge is 0.391 e. The molecule has 0 bridgehead atoms. The van der Waals surface area contributed by atoms with Crippen LogP contribution in [0, 0.1) is 24.0 Å². The van der Waals surface area contributed by atoms with Gasteiger partial charge in [-0.05, 0) is 72.1 Å². The number of aliphatic hydroxyl groups is 1. The summed E-state index contributed by atoms with van der Waals surface area (Å²) in [4.78, 5) is 81.1. The van der Waals surface area contributed by atoms with Gasteiger partial charge in [-0.3, -0.25) is 28.7 Å². The number of aryl methyl sites for hydroxylation is 1. The van der Waals surface area contributed by atoms with Gasteiger partial charge >= 0.3 is 0 Å². The molecule has 0 spiro atoms. The number of thiazole rings is 1. The number of benzene rings is 3. The number of halogens is 2. The fraction of sp³-hybridized carbons (Fsp3) is 0.365. The summed E-state index contributed by atoms with van der Waals surface area (Å²) >= 11 is 1.55. The summed E-state index contributed by atoms with van der Waals surface area (Å²) in [7, 11) is -3.93. The van der Waals surface area contributed by atoms with Gasteiger partial charge in [-0.1, -0.05) is 76.2 Å². The number of aromatic amines is 1. The Kier molecular flexibility index (Phi) is 16.7. The quantitative estimate of drug-likeness (QED) is 0.0330. The molecule has 0 saturated carbocycles. The molecule has 380 valence electrons. The maximum absolute atomic E-state index is 15.5. The third-order valence-electron chi connectivity index (χ3n) is 12.4.